The monoisotopic (exact) mass is 366 g/mol. The highest BCUT2D eigenvalue weighted by atomic mass is 32.1. The zero-order valence-corrected chi connectivity index (χ0v) is 15.7. The summed E-state index contributed by atoms with van der Waals surface area (Å²) in [7, 11) is 1.65. The number of methoxy groups -OCH3 is 1. The molecule has 1 amide bonds. The molecular formula is C21H22N2O2S. The van der Waals surface area contributed by atoms with Gasteiger partial charge in [-0.3, -0.25) is 4.79 Å². The molecule has 1 aromatic heterocycles. The van der Waals surface area contributed by atoms with Gasteiger partial charge in [0.05, 0.1) is 17.3 Å². The molecule has 1 saturated heterocycles. The van der Waals surface area contributed by atoms with Crippen molar-refractivity contribution in [1.29, 1.82) is 0 Å². The average Bonchev–Trinajstić information content (AvgIpc) is 3.12. The summed E-state index contributed by atoms with van der Waals surface area (Å²) in [6.07, 6.45) is 3.21. The lowest BCUT2D eigenvalue weighted by Crippen LogP contribution is -2.38. The molecule has 0 radical (unpaired) electrons. The molecule has 134 valence electrons. The lowest BCUT2D eigenvalue weighted by Gasteiger charge is -2.31. The Kier molecular flexibility index (Phi) is 4.89. The smallest absolute Gasteiger partial charge is 0.282 e. The van der Waals surface area contributed by atoms with Crippen LogP contribution in [0.4, 0.5) is 0 Å². The standard InChI is InChI=1S/C21H22N2O2S/c1-25-17-7-8-18-19(14-17)26-20(22-18)21(24)23-11-9-16(10-12-23)13-15-5-3-2-4-6-15/h2-8,14,16H,9-13H2,1H3. The molecule has 0 atom stereocenters. The number of ether oxygens (including phenoxy) is 1. The van der Waals surface area contributed by atoms with Crippen molar-refractivity contribution in [3.05, 3.63) is 59.1 Å². The van der Waals surface area contributed by atoms with Crippen molar-refractivity contribution in [2.24, 2.45) is 5.92 Å². The van der Waals surface area contributed by atoms with Gasteiger partial charge in [0.25, 0.3) is 5.91 Å². The van der Waals surface area contributed by atoms with E-state index in [1.165, 1.54) is 16.9 Å². The first-order valence-corrected chi connectivity index (χ1v) is 9.82. The maximum atomic E-state index is 12.8. The van der Waals surface area contributed by atoms with Gasteiger partial charge >= 0.3 is 0 Å². The third-order valence-corrected chi connectivity index (χ3v) is 6.05. The minimum absolute atomic E-state index is 0.0586. The van der Waals surface area contributed by atoms with E-state index in [1.54, 1.807) is 7.11 Å². The number of hydrogen-bond donors (Lipinski definition) is 0. The fourth-order valence-corrected chi connectivity index (χ4v) is 4.51. The van der Waals surface area contributed by atoms with Gasteiger partial charge in [-0.05, 0) is 48.9 Å². The summed E-state index contributed by atoms with van der Waals surface area (Å²) in [5.41, 5.74) is 2.25. The molecule has 1 aliphatic rings. The Morgan fingerprint density at radius 2 is 1.96 bits per heavy atom. The third-order valence-electron chi connectivity index (χ3n) is 5.05. The van der Waals surface area contributed by atoms with Crippen LogP contribution < -0.4 is 4.74 Å². The van der Waals surface area contributed by atoms with Gasteiger partial charge in [0.15, 0.2) is 5.01 Å². The molecule has 26 heavy (non-hydrogen) atoms. The van der Waals surface area contributed by atoms with Gasteiger partial charge in [0, 0.05) is 13.1 Å². The molecule has 4 rings (SSSR count). The quantitative estimate of drug-likeness (QED) is 0.687. The van der Waals surface area contributed by atoms with Crippen LogP contribution in [0.1, 0.15) is 28.2 Å². The van der Waals surface area contributed by atoms with Crippen LogP contribution in [-0.4, -0.2) is 36.0 Å². The maximum absolute atomic E-state index is 12.8. The number of rotatable bonds is 4. The number of aromatic nitrogens is 1. The Morgan fingerprint density at radius 1 is 1.19 bits per heavy atom. The third kappa shape index (κ3) is 3.58. The van der Waals surface area contributed by atoms with Gasteiger partial charge in [-0.25, -0.2) is 4.98 Å². The number of benzene rings is 2. The molecule has 5 heteroatoms. The van der Waals surface area contributed by atoms with E-state index in [0.717, 1.165) is 48.3 Å². The van der Waals surface area contributed by atoms with E-state index in [0.29, 0.717) is 10.9 Å². The summed E-state index contributed by atoms with van der Waals surface area (Å²) in [4.78, 5) is 19.3. The van der Waals surface area contributed by atoms with Gasteiger partial charge in [-0.15, -0.1) is 11.3 Å². The minimum Gasteiger partial charge on any atom is -0.497 e. The number of piperidine rings is 1. The molecule has 4 nitrogen and oxygen atoms in total. The van der Waals surface area contributed by atoms with Crippen LogP contribution >= 0.6 is 11.3 Å². The van der Waals surface area contributed by atoms with Crippen molar-refractivity contribution in [1.82, 2.24) is 9.88 Å². The first kappa shape index (κ1) is 17.0. The maximum Gasteiger partial charge on any atom is 0.282 e. The summed E-state index contributed by atoms with van der Waals surface area (Å²) in [5, 5.41) is 0.578. The predicted molar refractivity (Wildman–Crippen MR) is 105 cm³/mol. The predicted octanol–water partition coefficient (Wildman–Crippen LogP) is 4.40. The van der Waals surface area contributed by atoms with Crippen molar-refractivity contribution < 1.29 is 9.53 Å². The lowest BCUT2D eigenvalue weighted by atomic mass is 9.90. The Bertz CT molecular complexity index is 899. The zero-order valence-electron chi connectivity index (χ0n) is 14.9. The molecule has 1 aliphatic heterocycles. The van der Waals surface area contributed by atoms with Crippen LogP contribution in [0.3, 0.4) is 0 Å². The van der Waals surface area contributed by atoms with Gasteiger partial charge in [0.2, 0.25) is 0 Å². The Labute approximate surface area is 157 Å². The number of likely N-dealkylation sites (tertiary alicyclic amines) is 1. The van der Waals surface area contributed by atoms with Crippen molar-refractivity contribution in [3.63, 3.8) is 0 Å². The van der Waals surface area contributed by atoms with E-state index < -0.39 is 0 Å². The SMILES string of the molecule is COc1ccc2nc(C(=O)N3CCC(Cc4ccccc4)CC3)sc2c1. The highest BCUT2D eigenvalue weighted by Crippen LogP contribution is 2.28. The van der Waals surface area contributed by atoms with Gasteiger partial charge in [-0.1, -0.05) is 30.3 Å². The van der Waals surface area contributed by atoms with E-state index in [4.69, 9.17) is 4.74 Å². The summed E-state index contributed by atoms with van der Waals surface area (Å²) < 4.78 is 6.24. The molecule has 0 spiro atoms. The van der Waals surface area contributed by atoms with E-state index in [-0.39, 0.29) is 5.91 Å². The van der Waals surface area contributed by atoms with Crippen molar-refractivity contribution >= 4 is 27.5 Å². The fourth-order valence-electron chi connectivity index (χ4n) is 3.55. The molecule has 1 fully saturated rings. The van der Waals surface area contributed by atoms with E-state index >= 15 is 0 Å². The molecule has 0 saturated carbocycles. The topological polar surface area (TPSA) is 42.4 Å². The highest BCUT2D eigenvalue weighted by Gasteiger charge is 2.25. The molecular weight excluding hydrogens is 344 g/mol. The Hall–Kier alpha value is -2.40. The largest absolute Gasteiger partial charge is 0.497 e. The fraction of sp³-hybridized carbons (Fsp3) is 0.333. The second-order valence-corrected chi connectivity index (χ2v) is 7.81. The van der Waals surface area contributed by atoms with Crippen LogP contribution in [0.5, 0.6) is 5.75 Å². The van der Waals surface area contributed by atoms with Gasteiger partial charge in [0.1, 0.15) is 5.75 Å². The molecule has 3 aromatic rings. The van der Waals surface area contributed by atoms with E-state index in [9.17, 15) is 4.79 Å². The zero-order chi connectivity index (χ0) is 17.9. The second kappa shape index (κ2) is 7.46. The average molecular weight is 366 g/mol. The number of amides is 1. The number of carbonyl (C=O) groups is 1. The van der Waals surface area contributed by atoms with Crippen LogP contribution in [0.2, 0.25) is 0 Å². The molecule has 0 N–H and O–H groups in total. The van der Waals surface area contributed by atoms with Crippen molar-refractivity contribution in [2.45, 2.75) is 19.3 Å². The molecule has 2 aromatic carbocycles. The highest BCUT2D eigenvalue weighted by molar-refractivity contribution is 7.20. The van der Waals surface area contributed by atoms with Crippen LogP contribution in [0.15, 0.2) is 48.5 Å². The molecule has 0 aliphatic carbocycles. The molecule has 0 bridgehead atoms. The van der Waals surface area contributed by atoms with E-state index in [1.807, 2.05) is 23.1 Å². The number of nitrogens with zero attached hydrogens (tertiary/aromatic N) is 2. The van der Waals surface area contributed by atoms with Gasteiger partial charge in [-0.2, -0.15) is 0 Å². The number of fused-ring (bicyclic) bond motifs is 1. The normalized spacial score (nSPS) is 15.3. The number of carbonyl (C=O) groups excluding carboxylic acids is 1. The molecule has 2 heterocycles. The van der Waals surface area contributed by atoms with Crippen LogP contribution in [-0.2, 0) is 6.42 Å². The Balaban J connectivity index is 1.40. The lowest BCUT2D eigenvalue weighted by molar-refractivity contribution is 0.0690. The summed E-state index contributed by atoms with van der Waals surface area (Å²) in [6, 6.07) is 16.3. The Morgan fingerprint density at radius 3 is 2.69 bits per heavy atom. The molecule has 0 unspecified atom stereocenters. The van der Waals surface area contributed by atoms with E-state index in [2.05, 4.69) is 35.3 Å². The van der Waals surface area contributed by atoms with Crippen molar-refractivity contribution in [2.75, 3.05) is 20.2 Å². The van der Waals surface area contributed by atoms with Crippen LogP contribution in [0.25, 0.3) is 10.2 Å². The van der Waals surface area contributed by atoms with Gasteiger partial charge < -0.3 is 9.64 Å². The number of hydrogen-bond acceptors (Lipinski definition) is 4. The summed E-state index contributed by atoms with van der Waals surface area (Å²) in [6.45, 7) is 1.63. The summed E-state index contributed by atoms with van der Waals surface area (Å²) >= 11 is 1.45. The first-order valence-electron chi connectivity index (χ1n) is 9.01. The van der Waals surface area contributed by atoms with Crippen LogP contribution in [0, 0.1) is 5.92 Å². The summed E-state index contributed by atoms with van der Waals surface area (Å²) in [5.74, 6) is 1.51. The first-order chi connectivity index (χ1) is 12.7. The number of thiazole rings is 1. The minimum atomic E-state index is 0.0586. The van der Waals surface area contributed by atoms with Crippen molar-refractivity contribution in [3.8, 4) is 5.75 Å². The second-order valence-electron chi connectivity index (χ2n) is 6.78.